The van der Waals surface area contributed by atoms with Crippen LogP contribution in [0, 0.1) is 6.92 Å². The molecule has 0 fully saturated rings. The van der Waals surface area contributed by atoms with Crippen LogP contribution in [0.15, 0.2) is 16.7 Å². The largest absolute Gasteiger partial charge is 0.469 e. The predicted octanol–water partition coefficient (Wildman–Crippen LogP) is 1.77. The molecule has 1 aromatic rings. The van der Waals surface area contributed by atoms with Crippen molar-refractivity contribution in [3.8, 4) is 0 Å². The van der Waals surface area contributed by atoms with Crippen molar-refractivity contribution >= 4 is 23.1 Å². The molecule has 0 aromatic carbocycles. The second kappa shape index (κ2) is 5.65. The number of hydrogen-bond donors (Lipinski definition) is 2. The highest BCUT2D eigenvalue weighted by Crippen LogP contribution is 2.09. The van der Waals surface area contributed by atoms with Gasteiger partial charge in [-0.3, -0.25) is 4.79 Å². The van der Waals surface area contributed by atoms with Crippen LogP contribution in [0.1, 0.15) is 35.9 Å². The first kappa shape index (κ1) is 12.7. The SMILES string of the molecule is CCC(CC(N)=S)NC(=O)c1ccoc1C. The number of hydrogen-bond acceptors (Lipinski definition) is 3. The van der Waals surface area contributed by atoms with E-state index in [4.69, 9.17) is 22.4 Å². The van der Waals surface area contributed by atoms with Crippen molar-refractivity contribution in [1.82, 2.24) is 5.32 Å². The highest BCUT2D eigenvalue weighted by atomic mass is 32.1. The maximum atomic E-state index is 11.8. The Morgan fingerprint density at radius 2 is 2.38 bits per heavy atom. The molecular weight excluding hydrogens is 224 g/mol. The molecule has 0 saturated heterocycles. The standard InChI is InChI=1S/C11H16N2O2S/c1-3-8(6-10(12)16)13-11(14)9-4-5-15-7(9)2/h4-5,8H,3,6H2,1-2H3,(H2,12,16)(H,13,14). The number of nitrogens with one attached hydrogen (secondary N) is 1. The van der Waals surface area contributed by atoms with Crippen LogP contribution in [-0.4, -0.2) is 16.9 Å². The minimum absolute atomic E-state index is 0.0145. The van der Waals surface area contributed by atoms with Gasteiger partial charge in [0.2, 0.25) is 0 Å². The quantitative estimate of drug-likeness (QED) is 0.770. The van der Waals surface area contributed by atoms with E-state index in [1.54, 1.807) is 13.0 Å². The molecule has 1 heterocycles. The zero-order valence-electron chi connectivity index (χ0n) is 9.45. The second-order valence-electron chi connectivity index (χ2n) is 3.64. The molecule has 3 N–H and O–H groups in total. The summed E-state index contributed by atoms with van der Waals surface area (Å²) in [6.07, 6.45) is 2.81. The lowest BCUT2D eigenvalue weighted by Crippen LogP contribution is -2.37. The van der Waals surface area contributed by atoms with Gasteiger partial charge in [-0.2, -0.15) is 0 Å². The molecule has 1 unspecified atom stereocenters. The molecule has 0 spiro atoms. The lowest BCUT2D eigenvalue weighted by molar-refractivity contribution is 0.0935. The summed E-state index contributed by atoms with van der Waals surface area (Å²) in [5, 5.41) is 2.87. The summed E-state index contributed by atoms with van der Waals surface area (Å²) in [5.41, 5.74) is 6.01. The first-order chi connectivity index (χ1) is 7.54. The molecule has 1 rings (SSSR count). The molecule has 0 aliphatic heterocycles. The fourth-order valence-corrected chi connectivity index (χ4v) is 1.63. The first-order valence-electron chi connectivity index (χ1n) is 5.17. The molecule has 0 radical (unpaired) electrons. The van der Waals surface area contributed by atoms with Gasteiger partial charge in [0.1, 0.15) is 5.76 Å². The Morgan fingerprint density at radius 1 is 1.69 bits per heavy atom. The molecule has 5 heteroatoms. The molecule has 1 amide bonds. The smallest absolute Gasteiger partial charge is 0.255 e. The average molecular weight is 240 g/mol. The molecule has 0 saturated carbocycles. The number of thiocarbonyl (C=S) groups is 1. The van der Waals surface area contributed by atoms with E-state index in [2.05, 4.69) is 5.32 Å². The summed E-state index contributed by atoms with van der Waals surface area (Å²) in [6, 6.07) is 1.64. The second-order valence-corrected chi connectivity index (χ2v) is 4.16. The number of amides is 1. The third kappa shape index (κ3) is 3.34. The van der Waals surface area contributed by atoms with Crippen LogP contribution in [0.4, 0.5) is 0 Å². The van der Waals surface area contributed by atoms with Gasteiger partial charge in [-0.25, -0.2) is 0 Å². The Hall–Kier alpha value is -1.36. The number of furan rings is 1. The van der Waals surface area contributed by atoms with Gasteiger partial charge in [-0.05, 0) is 19.4 Å². The van der Waals surface area contributed by atoms with Crippen LogP contribution in [0.3, 0.4) is 0 Å². The van der Waals surface area contributed by atoms with Crippen molar-refractivity contribution in [1.29, 1.82) is 0 Å². The molecule has 88 valence electrons. The molecule has 1 aromatic heterocycles. The van der Waals surface area contributed by atoms with Gasteiger partial charge >= 0.3 is 0 Å². The van der Waals surface area contributed by atoms with E-state index in [1.165, 1.54) is 6.26 Å². The van der Waals surface area contributed by atoms with Crippen molar-refractivity contribution in [2.24, 2.45) is 5.73 Å². The van der Waals surface area contributed by atoms with Gasteiger partial charge in [0.15, 0.2) is 0 Å². The number of rotatable bonds is 5. The molecular formula is C11H16N2O2S. The van der Waals surface area contributed by atoms with Gasteiger partial charge in [0.05, 0.1) is 16.8 Å². The van der Waals surface area contributed by atoms with Crippen LogP contribution >= 0.6 is 12.2 Å². The van der Waals surface area contributed by atoms with E-state index < -0.39 is 0 Å². The number of nitrogens with two attached hydrogens (primary N) is 1. The summed E-state index contributed by atoms with van der Waals surface area (Å²) in [6.45, 7) is 3.73. The van der Waals surface area contributed by atoms with Crippen molar-refractivity contribution in [2.75, 3.05) is 0 Å². The molecule has 0 aliphatic carbocycles. The summed E-state index contributed by atoms with van der Waals surface area (Å²) in [5.74, 6) is 0.469. The normalized spacial score (nSPS) is 12.1. The number of carbonyl (C=O) groups is 1. The van der Waals surface area contributed by atoms with Gasteiger partial charge in [0, 0.05) is 12.5 Å². The van der Waals surface area contributed by atoms with Crippen LogP contribution < -0.4 is 11.1 Å². The van der Waals surface area contributed by atoms with Crippen molar-refractivity contribution in [3.63, 3.8) is 0 Å². The highest BCUT2D eigenvalue weighted by Gasteiger charge is 2.15. The maximum Gasteiger partial charge on any atom is 0.255 e. The van der Waals surface area contributed by atoms with Crippen LogP contribution in [0.5, 0.6) is 0 Å². The van der Waals surface area contributed by atoms with E-state index in [0.717, 1.165) is 6.42 Å². The lowest BCUT2D eigenvalue weighted by Gasteiger charge is -2.15. The van der Waals surface area contributed by atoms with E-state index in [0.29, 0.717) is 22.7 Å². The Bertz CT molecular complexity index is 387. The monoisotopic (exact) mass is 240 g/mol. The van der Waals surface area contributed by atoms with E-state index in [1.807, 2.05) is 6.92 Å². The van der Waals surface area contributed by atoms with Crippen molar-refractivity contribution in [3.05, 3.63) is 23.7 Å². The highest BCUT2D eigenvalue weighted by molar-refractivity contribution is 7.80. The van der Waals surface area contributed by atoms with Crippen molar-refractivity contribution in [2.45, 2.75) is 32.7 Å². The Morgan fingerprint density at radius 3 is 2.81 bits per heavy atom. The number of carbonyl (C=O) groups excluding carboxylic acids is 1. The van der Waals surface area contributed by atoms with E-state index >= 15 is 0 Å². The minimum atomic E-state index is -0.144. The lowest BCUT2D eigenvalue weighted by atomic mass is 10.1. The zero-order chi connectivity index (χ0) is 12.1. The summed E-state index contributed by atoms with van der Waals surface area (Å²) >= 11 is 4.82. The fourth-order valence-electron chi connectivity index (χ4n) is 1.42. The van der Waals surface area contributed by atoms with Gasteiger partial charge < -0.3 is 15.5 Å². The Labute approximate surface area is 100 Å². The molecule has 0 bridgehead atoms. The molecule has 16 heavy (non-hydrogen) atoms. The Balaban J connectivity index is 2.62. The predicted molar refractivity (Wildman–Crippen MR) is 66.4 cm³/mol. The van der Waals surface area contributed by atoms with Crippen LogP contribution in [0.25, 0.3) is 0 Å². The third-order valence-electron chi connectivity index (χ3n) is 2.38. The molecule has 0 aliphatic rings. The van der Waals surface area contributed by atoms with Crippen LogP contribution in [0.2, 0.25) is 0 Å². The van der Waals surface area contributed by atoms with Gasteiger partial charge in [-0.1, -0.05) is 19.1 Å². The average Bonchev–Trinajstić information content (AvgIpc) is 2.62. The zero-order valence-corrected chi connectivity index (χ0v) is 10.3. The molecule has 1 atom stereocenters. The Kier molecular flexibility index (Phi) is 4.49. The summed E-state index contributed by atoms with van der Waals surface area (Å²) in [7, 11) is 0. The van der Waals surface area contributed by atoms with Gasteiger partial charge in [0.25, 0.3) is 5.91 Å². The van der Waals surface area contributed by atoms with Crippen LogP contribution in [-0.2, 0) is 0 Å². The molecule has 4 nitrogen and oxygen atoms in total. The topological polar surface area (TPSA) is 68.3 Å². The maximum absolute atomic E-state index is 11.8. The van der Waals surface area contributed by atoms with Crippen molar-refractivity contribution < 1.29 is 9.21 Å². The minimum Gasteiger partial charge on any atom is -0.469 e. The third-order valence-corrected chi connectivity index (χ3v) is 2.55. The number of aryl methyl sites for hydroxylation is 1. The van der Waals surface area contributed by atoms with E-state index in [-0.39, 0.29) is 11.9 Å². The summed E-state index contributed by atoms with van der Waals surface area (Å²) in [4.78, 5) is 12.2. The van der Waals surface area contributed by atoms with Gasteiger partial charge in [-0.15, -0.1) is 0 Å². The fraction of sp³-hybridized carbons (Fsp3) is 0.455. The summed E-state index contributed by atoms with van der Waals surface area (Å²) < 4.78 is 5.07. The first-order valence-corrected chi connectivity index (χ1v) is 5.58. The van der Waals surface area contributed by atoms with E-state index in [9.17, 15) is 4.79 Å².